The second kappa shape index (κ2) is 7.98. The van der Waals surface area contributed by atoms with Crippen molar-refractivity contribution in [3.05, 3.63) is 90.0 Å². The number of Topliss-reactive ketones (excluding diaryl/α,β-unsaturated/α-hetero) is 1. The molecule has 0 N–H and O–H groups in total. The van der Waals surface area contributed by atoms with Gasteiger partial charge in [-0.05, 0) is 30.3 Å². The molecule has 29 heavy (non-hydrogen) atoms. The number of rotatable bonds is 6. The molecule has 0 aliphatic carbocycles. The summed E-state index contributed by atoms with van der Waals surface area (Å²) in [7, 11) is 0. The Morgan fingerprint density at radius 2 is 1.52 bits per heavy atom. The molecule has 0 bridgehead atoms. The van der Waals surface area contributed by atoms with Gasteiger partial charge in [-0.25, -0.2) is 0 Å². The van der Waals surface area contributed by atoms with Crippen molar-refractivity contribution in [3.63, 3.8) is 0 Å². The maximum Gasteiger partial charge on any atom is 0.326 e. The van der Waals surface area contributed by atoms with Gasteiger partial charge in [0, 0.05) is 5.56 Å². The summed E-state index contributed by atoms with van der Waals surface area (Å²) in [5.74, 6) is -0.711. The first-order valence-corrected chi connectivity index (χ1v) is 9.05. The van der Waals surface area contributed by atoms with Crippen LogP contribution in [0.2, 0.25) is 0 Å². The molecule has 1 amide bonds. The highest BCUT2D eigenvalue weighted by Crippen LogP contribution is 2.29. The summed E-state index contributed by atoms with van der Waals surface area (Å²) in [6.07, 6.45) is 0. The second-order valence-electron chi connectivity index (χ2n) is 6.42. The number of carbonyl (C=O) groups is 3. The highest BCUT2D eigenvalue weighted by atomic mass is 16.5. The Labute approximate surface area is 167 Å². The van der Waals surface area contributed by atoms with Crippen LogP contribution < -0.4 is 9.64 Å². The lowest BCUT2D eigenvalue weighted by molar-refractivity contribution is -0.143. The SMILES string of the molecule is O=C(CN1C(=O)C(=O)c2ccccc21)OCc1ccccc1Oc1ccccc1. The first kappa shape index (κ1) is 18.4. The van der Waals surface area contributed by atoms with Crippen LogP contribution in [-0.2, 0) is 20.9 Å². The lowest BCUT2D eigenvalue weighted by Crippen LogP contribution is -2.35. The number of carbonyl (C=O) groups excluding carboxylic acids is 3. The Morgan fingerprint density at radius 3 is 2.34 bits per heavy atom. The van der Waals surface area contributed by atoms with Crippen LogP contribution in [0.4, 0.5) is 5.69 Å². The molecule has 4 rings (SSSR count). The molecule has 3 aromatic carbocycles. The van der Waals surface area contributed by atoms with E-state index < -0.39 is 17.7 Å². The molecule has 0 spiro atoms. The highest BCUT2D eigenvalue weighted by Gasteiger charge is 2.36. The van der Waals surface area contributed by atoms with E-state index in [1.807, 2.05) is 42.5 Å². The fourth-order valence-electron chi connectivity index (χ4n) is 3.08. The summed E-state index contributed by atoms with van der Waals surface area (Å²) in [4.78, 5) is 37.7. The lowest BCUT2D eigenvalue weighted by atomic mass is 10.1. The Kier molecular flexibility index (Phi) is 5.07. The van der Waals surface area contributed by atoms with Crippen LogP contribution in [0.5, 0.6) is 11.5 Å². The van der Waals surface area contributed by atoms with E-state index in [9.17, 15) is 14.4 Å². The van der Waals surface area contributed by atoms with E-state index in [0.717, 1.165) is 4.90 Å². The molecule has 0 unspecified atom stereocenters. The van der Waals surface area contributed by atoms with Gasteiger partial charge in [-0.1, -0.05) is 48.5 Å². The van der Waals surface area contributed by atoms with Crippen molar-refractivity contribution in [1.82, 2.24) is 0 Å². The van der Waals surface area contributed by atoms with Crippen molar-refractivity contribution in [3.8, 4) is 11.5 Å². The van der Waals surface area contributed by atoms with E-state index in [4.69, 9.17) is 9.47 Å². The van der Waals surface area contributed by atoms with E-state index >= 15 is 0 Å². The molecular formula is C23H17NO5. The molecule has 1 aliphatic rings. The zero-order valence-corrected chi connectivity index (χ0v) is 15.4. The van der Waals surface area contributed by atoms with Crippen LogP contribution >= 0.6 is 0 Å². The Hall–Kier alpha value is -3.93. The first-order valence-electron chi connectivity index (χ1n) is 9.05. The topological polar surface area (TPSA) is 72.9 Å². The number of amides is 1. The van der Waals surface area contributed by atoms with E-state index in [0.29, 0.717) is 28.3 Å². The van der Waals surface area contributed by atoms with Gasteiger partial charge in [-0.2, -0.15) is 0 Å². The van der Waals surface area contributed by atoms with Crippen molar-refractivity contribution < 1.29 is 23.9 Å². The normalized spacial score (nSPS) is 12.6. The lowest BCUT2D eigenvalue weighted by Gasteiger charge is -2.16. The van der Waals surface area contributed by atoms with Gasteiger partial charge < -0.3 is 9.47 Å². The smallest absolute Gasteiger partial charge is 0.326 e. The highest BCUT2D eigenvalue weighted by molar-refractivity contribution is 6.52. The van der Waals surface area contributed by atoms with Crippen LogP contribution in [0, 0.1) is 0 Å². The molecule has 0 atom stereocenters. The molecule has 0 saturated carbocycles. The van der Waals surface area contributed by atoms with Crippen LogP contribution in [-0.4, -0.2) is 24.2 Å². The molecule has 1 heterocycles. The Balaban J connectivity index is 1.42. The standard InChI is InChI=1S/C23H17NO5/c25-21(14-24-19-12-6-5-11-18(19)22(26)23(24)27)28-15-16-8-4-7-13-20(16)29-17-9-2-1-3-10-17/h1-13H,14-15H2. The zero-order chi connectivity index (χ0) is 20.2. The van der Waals surface area contributed by atoms with Gasteiger partial charge in [-0.15, -0.1) is 0 Å². The summed E-state index contributed by atoms with van der Waals surface area (Å²) >= 11 is 0. The summed E-state index contributed by atoms with van der Waals surface area (Å²) in [5.41, 5.74) is 1.41. The predicted octanol–water partition coefficient (Wildman–Crippen LogP) is 3.75. The zero-order valence-electron chi connectivity index (χ0n) is 15.4. The van der Waals surface area contributed by atoms with Crippen LogP contribution in [0.15, 0.2) is 78.9 Å². The van der Waals surface area contributed by atoms with E-state index in [2.05, 4.69) is 0 Å². The minimum atomic E-state index is -0.726. The third kappa shape index (κ3) is 3.87. The number of para-hydroxylation sites is 3. The van der Waals surface area contributed by atoms with E-state index in [1.165, 1.54) is 0 Å². The van der Waals surface area contributed by atoms with Gasteiger partial charge in [0.2, 0.25) is 0 Å². The summed E-state index contributed by atoms with van der Waals surface area (Å²) < 4.78 is 11.2. The first-order chi connectivity index (χ1) is 14.1. The number of benzene rings is 3. The maximum absolute atomic E-state index is 12.3. The number of nitrogens with zero attached hydrogens (tertiary/aromatic N) is 1. The van der Waals surface area contributed by atoms with Gasteiger partial charge in [0.25, 0.3) is 11.7 Å². The fourth-order valence-corrected chi connectivity index (χ4v) is 3.08. The maximum atomic E-state index is 12.3. The van der Waals surface area contributed by atoms with Gasteiger partial charge >= 0.3 is 5.97 Å². The molecule has 6 nitrogen and oxygen atoms in total. The average Bonchev–Trinajstić information content (AvgIpc) is 2.99. The largest absolute Gasteiger partial charge is 0.459 e. The molecule has 0 radical (unpaired) electrons. The molecule has 1 aliphatic heterocycles. The third-order valence-electron chi connectivity index (χ3n) is 4.50. The summed E-state index contributed by atoms with van der Waals surface area (Å²) in [5, 5.41) is 0. The van der Waals surface area contributed by atoms with Gasteiger partial charge in [-0.3, -0.25) is 19.3 Å². The minimum absolute atomic E-state index is 0.0144. The summed E-state index contributed by atoms with van der Waals surface area (Å²) in [6.45, 7) is -0.344. The number of esters is 1. The molecular weight excluding hydrogens is 370 g/mol. The molecule has 0 saturated heterocycles. The number of hydrogen-bond acceptors (Lipinski definition) is 5. The van der Waals surface area contributed by atoms with Crippen molar-refractivity contribution >= 4 is 23.3 Å². The van der Waals surface area contributed by atoms with Crippen LogP contribution in [0.3, 0.4) is 0 Å². The van der Waals surface area contributed by atoms with Gasteiger partial charge in [0.1, 0.15) is 24.7 Å². The van der Waals surface area contributed by atoms with Crippen LogP contribution in [0.1, 0.15) is 15.9 Å². The van der Waals surface area contributed by atoms with Gasteiger partial charge in [0.15, 0.2) is 0 Å². The van der Waals surface area contributed by atoms with Crippen molar-refractivity contribution in [2.75, 3.05) is 11.4 Å². The van der Waals surface area contributed by atoms with Gasteiger partial charge in [0.05, 0.1) is 11.3 Å². The number of fused-ring (bicyclic) bond motifs is 1. The number of ether oxygens (including phenoxy) is 2. The minimum Gasteiger partial charge on any atom is -0.459 e. The average molecular weight is 387 g/mol. The van der Waals surface area contributed by atoms with Crippen molar-refractivity contribution in [2.24, 2.45) is 0 Å². The monoisotopic (exact) mass is 387 g/mol. The number of ketones is 1. The molecule has 0 aromatic heterocycles. The van der Waals surface area contributed by atoms with Crippen LogP contribution in [0.25, 0.3) is 0 Å². The quantitative estimate of drug-likeness (QED) is 0.476. The second-order valence-corrected chi connectivity index (χ2v) is 6.42. The molecule has 3 aromatic rings. The Morgan fingerprint density at radius 1 is 0.828 bits per heavy atom. The molecule has 0 fully saturated rings. The predicted molar refractivity (Wildman–Crippen MR) is 106 cm³/mol. The fraction of sp³-hybridized carbons (Fsp3) is 0.0870. The Bertz CT molecular complexity index is 1080. The van der Waals surface area contributed by atoms with E-state index in [-0.39, 0.29) is 13.2 Å². The van der Waals surface area contributed by atoms with Crippen molar-refractivity contribution in [2.45, 2.75) is 6.61 Å². The molecule has 144 valence electrons. The third-order valence-corrected chi connectivity index (χ3v) is 4.50. The van der Waals surface area contributed by atoms with Crippen molar-refractivity contribution in [1.29, 1.82) is 0 Å². The summed E-state index contributed by atoms with van der Waals surface area (Å²) in [6, 6.07) is 23.1. The molecule has 6 heteroatoms. The number of anilines is 1. The number of hydrogen-bond donors (Lipinski definition) is 0. The van der Waals surface area contributed by atoms with E-state index in [1.54, 1.807) is 36.4 Å².